The molecule has 9 heteroatoms. The molecular formula is C10H14N6O2S. The molecule has 0 spiro atoms. The first-order valence-corrected chi connectivity index (χ1v) is 7.00. The highest BCUT2D eigenvalue weighted by molar-refractivity contribution is 7.89. The second-order valence-corrected chi connectivity index (χ2v) is 5.46. The van der Waals surface area contributed by atoms with Crippen molar-refractivity contribution in [2.24, 2.45) is 5.84 Å². The number of rotatable bonds is 6. The quantitative estimate of drug-likeness (QED) is 0.488. The summed E-state index contributed by atoms with van der Waals surface area (Å²) >= 11 is 0. The van der Waals surface area contributed by atoms with Gasteiger partial charge in [-0.3, -0.25) is 4.68 Å². The fourth-order valence-corrected chi connectivity index (χ4v) is 2.40. The maximum atomic E-state index is 11.9. The molecule has 0 atom stereocenters. The summed E-state index contributed by atoms with van der Waals surface area (Å²) < 4.78 is 28.0. The van der Waals surface area contributed by atoms with Gasteiger partial charge < -0.3 is 5.43 Å². The van der Waals surface area contributed by atoms with E-state index in [4.69, 9.17) is 5.84 Å². The summed E-state index contributed by atoms with van der Waals surface area (Å²) in [6.45, 7) is 0.711. The highest BCUT2D eigenvalue weighted by Gasteiger charge is 2.13. The smallest absolute Gasteiger partial charge is 0.242 e. The zero-order chi connectivity index (χ0) is 13.7. The van der Waals surface area contributed by atoms with Crippen molar-refractivity contribution in [2.45, 2.75) is 11.4 Å². The van der Waals surface area contributed by atoms with E-state index in [1.807, 2.05) is 0 Å². The first kappa shape index (κ1) is 13.5. The molecule has 0 aromatic carbocycles. The van der Waals surface area contributed by atoms with Crippen LogP contribution >= 0.6 is 0 Å². The Morgan fingerprint density at radius 2 is 2.21 bits per heavy atom. The lowest BCUT2D eigenvalue weighted by molar-refractivity contribution is 0.560. The third-order valence-corrected chi connectivity index (χ3v) is 3.83. The molecule has 0 radical (unpaired) electrons. The minimum absolute atomic E-state index is 0.0898. The molecule has 0 aliphatic rings. The number of nitrogen functional groups attached to an aromatic ring is 1. The number of aromatic nitrogens is 3. The van der Waals surface area contributed by atoms with Gasteiger partial charge >= 0.3 is 0 Å². The molecule has 0 aliphatic carbocycles. The van der Waals surface area contributed by atoms with E-state index in [1.54, 1.807) is 23.1 Å². The lowest BCUT2D eigenvalue weighted by Gasteiger charge is -2.07. The van der Waals surface area contributed by atoms with Crippen molar-refractivity contribution in [1.82, 2.24) is 19.5 Å². The fraction of sp³-hybridized carbons (Fsp3) is 0.200. The predicted octanol–water partition coefficient (Wildman–Crippen LogP) is -0.458. The molecule has 2 aromatic heterocycles. The second-order valence-electron chi connectivity index (χ2n) is 3.69. The van der Waals surface area contributed by atoms with Gasteiger partial charge in [-0.05, 0) is 18.2 Å². The number of nitrogens with two attached hydrogens (primary N) is 1. The van der Waals surface area contributed by atoms with Gasteiger partial charge in [-0.1, -0.05) is 0 Å². The van der Waals surface area contributed by atoms with E-state index in [9.17, 15) is 8.42 Å². The molecular weight excluding hydrogens is 268 g/mol. The predicted molar refractivity (Wildman–Crippen MR) is 69.5 cm³/mol. The monoisotopic (exact) mass is 282 g/mol. The molecule has 8 nitrogen and oxygen atoms in total. The number of hydrogen-bond acceptors (Lipinski definition) is 6. The van der Waals surface area contributed by atoms with Crippen LogP contribution in [0.5, 0.6) is 0 Å². The molecule has 0 unspecified atom stereocenters. The van der Waals surface area contributed by atoms with Gasteiger partial charge in [-0.2, -0.15) is 5.10 Å². The van der Waals surface area contributed by atoms with E-state index in [0.717, 1.165) is 0 Å². The second kappa shape index (κ2) is 5.78. The van der Waals surface area contributed by atoms with Gasteiger partial charge in [0.15, 0.2) is 0 Å². The molecule has 2 heterocycles. The molecule has 0 saturated heterocycles. The third-order valence-electron chi connectivity index (χ3n) is 2.39. The van der Waals surface area contributed by atoms with Crippen molar-refractivity contribution in [3.63, 3.8) is 0 Å². The average Bonchev–Trinajstić information content (AvgIpc) is 2.92. The Balaban J connectivity index is 1.97. The molecule has 2 aromatic rings. The van der Waals surface area contributed by atoms with E-state index >= 15 is 0 Å². The summed E-state index contributed by atoms with van der Waals surface area (Å²) in [7, 11) is -3.56. The van der Waals surface area contributed by atoms with Gasteiger partial charge in [-0.25, -0.2) is 24.0 Å². The van der Waals surface area contributed by atoms with Crippen molar-refractivity contribution in [3.05, 3.63) is 36.8 Å². The van der Waals surface area contributed by atoms with E-state index in [0.29, 0.717) is 12.4 Å². The molecule has 0 amide bonds. The van der Waals surface area contributed by atoms with Crippen LogP contribution in [0.25, 0.3) is 0 Å². The first-order chi connectivity index (χ1) is 9.12. The van der Waals surface area contributed by atoms with Crippen LogP contribution in [-0.4, -0.2) is 29.7 Å². The van der Waals surface area contributed by atoms with Crippen LogP contribution in [0, 0.1) is 0 Å². The molecule has 0 aliphatic heterocycles. The van der Waals surface area contributed by atoms with Crippen LogP contribution in [0.4, 0.5) is 5.82 Å². The third kappa shape index (κ3) is 3.50. The van der Waals surface area contributed by atoms with Crippen molar-refractivity contribution in [1.29, 1.82) is 0 Å². The lowest BCUT2D eigenvalue weighted by Crippen LogP contribution is -2.27. The largest absolute Gasteiger partial charge is 0.308 e. The van der Waals surface area contributed by atoms with Gasteiger partial charge in [0, 0.05) is 25.1 Å². The molecule has 0 bridgehead atoms. The van der Waals surface area contributed by atoms with Crippen LogP contribution in [0.1, 0.15) is 0 Å². The minimum atomic E-state index is -3.56. The maximum absolute atomic E-state index is 11.9. The zero-order valence-electron chi connectivity index (χ0n) is 10.0. The van der Waals surface area contributed by atoms with Crippen molar-refractivity contribution in [3.8, 4) is 0 Å². The van der Waals surface area contributed by atoms with Crippen molar-refractivity contribution in [2.75, 3.05) is 12.0 Å². The standard InChI is InChI=1S/C10H14N6O2S/c11-15-10-3-2-9(8-12-10)19(17,18)14-5-7-16-6-1-4-13-16/h1-4,6,8,14H,5,7,11H2,(H,12,15). The minimum Gasteiger partial charge on any atom is -0.308 e. The summed E-state index contributed by atoms with van der Waals surface area (Å²) in [6, 6.07) is 4.69. The van der Waals surface area contributed by atoms with E-state index in [1.165, 1.54) is 18.3 Å². The van der Waals surface area contributed by atoms with Crippen LogP contribution < -0.4 is 16.0 Å². The summed E-state index contributed by atoms with van der Waals surface area (Å²) in [5, 5.41) is 3.98. The number of pyridine rings is 1. The maximum Gasteiger partial charge on any atom is 0.242 e. The first-order valence-electron chi connectivity index (χ1n) is 5.51. The van der Waals surface area contributed by atoms with Gasteiger partial charge in [0.2, 0.25) is 10.0 Å². The topological polar surface area (TPSA) is 115 Å². The van der Waals surface area contributed by atoms with E-state index in [-0.39, 0.29) is 11.4 Å². The van der Waals surface area contributed by atoms with Gasteiger partial charge in [0.05, 0.1) is 6.54 Å². The molecule has 4 N–H and O–H groups in total. The number of anilines is 1. The van der Waals surface area contributed by atoms with Crippen LogP contribution in [0.3, 0.4) is 0 Å². The Morgan fingerprint density at radius 3 is 2.79 bits per heavy atom. The average molecular weight is 282 g/mol. The number of hydrogen-bond donors (Lipinski definition) is 3. The Labute approximate surface area is 110 Å². The van der Waals surface area contributed by atoms with E-state index in [2.05, 4.69) is 20.2 Å². The zero-order valence-corrected chi connectivity index (χ0v) is 10.8. The SMILES string of the molecule is NNc1ccc(S(=O)(=O)NCCn2cccn2)cn1. The molecule has 102 valence electrons. The van der Waals surface area contributed by atoms with Gasteiger partial charge in [-0.15, -0.1) is 0 Å². The van der Waals surface area contributed by atoms with Crippen LogP contribution in [-0.2, 0) is 16.6 Å². The number of nitrogens with one attached hydrogen (secondary N) is 2. The summed E-state index contributed by atoms with van der Waals surface area (Å²) in [5.74, 6) is 5.55. The summed E-state index contributed by atoms with van der Waals surface area (Å²) in [4.78, 5) is 3.94. The highest BCUT2D eigenvalue weighted by atomic mass is 32.2. The molecule has 2 rings (SSSR count). The van der Waals surface area contributed by atoms with Gasteiger partial charge in [0.1, 0.15) is 10.7 Å². The Kier molecular flexibility index (Phi) is 4.10. The fourth-order valence-electron chi connectivity index (χ4n) is 1.44. The molecule has 0 fully saturated rings. The number of hydrazine groups is 1. The summed E-state index contributed by atoms with van der Waals surface area (Å²) in [6.07, 6.45) is 4.64. The van der Waals surface area contributed by atoms with Gasteiger partial charge in [0.25, 0.3) is 0 Å². The Morgan fingerprint density at radius 1 is 1.37 bits per heavy atom. The summed E-state index contributed by atoms with van der Waals surface area (Å²) in [5.41, 5.74) is 2.33. The lowest BCUT2D eigenvalue weighted by atomic mass is 10.5. The molecule has 0 saturated carbocycles. The molecule has 19 heavy (non-hydrogen) atoms. The highest BCUT2D eigenvalue weighted by Crippen LogP contribution is 2.09. The number of nitrogens with zero attached hydrogens (tertiary/aromatic N) is 3. The number of sulfonamides is 1. The normalized spacial score (nSPS) is 11.4. The van der Waals surface area contributed by atoms with Crippen molar-refractivity contribution < 1.29 is 8.42 Å². The van der Waals surface area contributed by atoms with Crippen LogP contribution in [0.15, 0.2) is 41.7 Å². The Hall–Kier alpha value is -1.97. The van der Waals surface area contributed by atoms with Crippen molar-refractivity contribution >= 4 is 15.8 Å². The Bertz CT molecular complexity index is 608. The van der Waals surface area contributed by atoms with Crippen LogP contribution in [0.2, 0.25) is 0 Å². The van der Waals surface area contributed by atoms with E-state index < -0.39 is 10.0 Å².